The summed E-state index contributed by atoms with van der Waals surface area (Å²) in [5.41, 5.74) is 1.90. The van der Waals surface area contributed by atoms with Gasteiger partial charge in [-0.2, -0.15) is 0 Å². The van der Waals surface area contributed by atoms with Gasteiger partial charge in [-0.15, -0.1) is 0 Å². The third kappa shape index (κ3) is 3.18. The molecule has 0 unspecified atom stereocenters. The van der Waals surface area contributed by atoms with E-state index in [0.29, 0.717) is 12.6 Å². The van der Waals surface area contributed by atoms with Crippen LogP contribution in [0.4, 0.5) is 0 Å². The highest BCUT2D eigenvalue weighted by molar-refractivity contribution is 5.98. The lowest BCUT2D eigenvalue weighted by Gasteiger charge is -2.30. The largest absolute Gasteiger partial charge is 0.381 e. The predicted molar refractivity (Wildman–Crippen MR) is 72.0 cm³/mol. The summed E-state index contributed by atoms with van der Waals surface area (Å²) >= 11 is 0. The van der Waals surface area contributed by atoms with E-state index in [1.54, 1.807) is 0 Å². The second kappa shape index (κ2) is 6.12. The van der Waals surface area contributed by atoms with Crippen molar-refractivity contribution in [2.24, 2.45) is 0 Å². The van der Waals surface area contributed by atoms with E-state index in [9.17, 15) is 4.79 Å². The number of likely N-dealkylation sites (N-methyl/N-ethyl adjacent to an activating group) is 1. The first-order valence-electron chi connectivity index (χ1n) is 6.55. The van der Waals surface area contributed by atoms with Gasteiger partial charge in [0.15, 0.2) is 5.78 Å². The van der Waals surface area contributed by atoms with Gasteiger partial charge < -0.3 is 4.74 Å². The van der Waals surface area contributed by atoms with Gasteiger partial charge >= 0.3 is 0 Å². The Morgan fingerprint density at radius 3 is 2.67 bits per heavy atom. The molecule has 3 heteroatoms. The van der Waals surface area contributed by atoms with Crippen molar-refractivity contribution in [2.45, 2.75) is 25.8 Å². The molecule has 0 aliphatic carbocycles. The Kier molecular flexibility index (Phi) is 4.50. The summed E-state index contributed by atoms with van der Waals surface area (Å²) in [6, 6.07) is 8.27. The maximum absolute atomic E-state index is 12.2. The first-order chi connectivity index (χ1) is 8.68. The molecule has 0 atom stereocenters. The zero-order valence-corrected chi connectivity index (χ0v) is 11.2. The maximum Gasteiger partial charge on any atom is 0.177 e. The molecule has 1 aliphatic rings. The molecule has 1 fully saturated rings. The van der Waals surface area contributed by atoms with Crippen molar-refractivity contribution in [1.29, 1.82) is 0 Å². The van der Waals surface area contributed by atoms with Gasteiger partial charge in [-0.25, -0.2) is 0 Å². The van der Waals surface area contributed by atoms with Gasteiger partial charge in [0.05, 0.1) is 6.54 Å². The molecule has 1 aliphatic heterocycles. The standard InChI is InChI=1S/C15H21NO2/c1-12-5-3-4-6-14(12)15(17)11-16(2)13-7-9-18-10-8-13/h3-6,13H,7-11H2,1-2H3. The van der Waals surface area contributed by atoms with E-state index in [1.807, 2.05) is 38.2 Å². The van der Waals surface area contributed by atoms with Crippen molar-refractivity contribution >= 4 is 5.78 Å². The zero-order chi connectivity index (χ0) is 13.0. The van der Waals surface area contributed by atoms with E-state index in [4.69, 9.17) is 4.74 Å². The van der Waals surface area contributed by atoms with Gasteiger partial charge in [0.2, 0.25) is 0 Å². The molecule has 1 aromatic rings. The number of ether oxygens (including phenoxy) is 1. The van der Waals surface area contributed by atoms with E-state index >= 15 is 0 Å². The molecule has 3 nitrogen and oxygen atoms in total. The molecule has 0 spiro atoms. The Morgan fingerprint density at radius 1 is 1.33 bits per heavy atom. The van der Waals surface area contributed by atoms with E-state index in [2.05, 4.69) is 4.90 Å². The molecule has 0 amide bonds. The summed E-state index contributed by atoms with van der Waals surface area (Å²) < 4.78 is 5.35. The van der Waals surface area contributed by atoms with Crippen LogP contribution in [0.5, 0.6) is 0 Å². The summed E-state index contributed by atoms with van der Waals surface area (Å²) in [6.45, 7) is 4.11. The van der Waals surface area contributed by atoms with E-state index in [0.717, 1.165) is 37.2 Å². The van der Waals surface area contributed by atoms with E-state index < -0.39 is 0 Å². The fraction of sp³-hybridized carbons (Fsp3) is 0.533. The summed E-state index contributed by atoms with van der Waals surface area (Å²) in [5, 5.41) is 0. The quantitative estimate of drug-likeness (QED) is 0.765. The Morgan fingerprint density at radius 2 is 2.00 bits per heavy atom. The number of nitrogens with zero attached hydrogens (tertiary/aromatic N) is 1. The molecule has 0 radical (unpaired) electrons. The number of rotatable bonds is 4. The lowest BCUT2D eigenvalue weighted by molar-refractivity contribution is 0.0418. The monoisotopic (exact) mass is 247 g/mol. The lowest BCUT2D eigenvalue weighted by Crippen LogP contribution is -2.39. The average Bonchev–Trinajstić information content (AvgIpc) is 2.40. The van der Waals surface area contributed by atoms with Crippen molar-refractivity contribution in [3.63, 3.8) is 0 Å². The molecule has 0 aromatic heterocycles. The van der Waals surface area contributed by atoms with E-state index in [-0.39, 0.29) is 5.78 Å². The summed E-state index contributed by atoms with van der Waals surface area (Å²) in [4.78, 5) is 14.4. The molecule has 1 heterocycles. The number of benzene rings is 1. The highest BCUT2D eigenvalue weighted by Crippen LogP contribution is 2.14. The number of Topliss-reactive ketones (excluding diaryl/α,β-unsaturated/α-hetero) is 1. The van der Waals surface area contributed by atoms with Gasteiger partial charge in [0, 0.05) is 24.8 Å². The van der Waals surface area contributed by atoms with Crippen molar-refractivity contribution < 1.29 is 9.53 Å². The number of aryl methyl sites for hydroxylation is 1. The van der Waals surface area contributed by atoms with Gasteiger partial charge in [-0.3, -0.25) is 9.69 Å². The van der Waals surface area contributed by atoms with Crippen molar-refractivity contribution in [2.75, 3.05) is 26.8 Å². The summed E-state index contributed by atoms with van der Waals surface area (Å²) in [7, 11) is 2.03. The van der Waals surface area contributed by atoms with Gasteiger partial charge in [0.25, 0.3) is 0 Å². The zero-order valence-electron chi connectivity index (χ0n) is 11.2. The van der Waals surface area contributed by atoms with Gasteiger partial charge in [-0.1, -0.05) is 24.3 Å². The first-order valence-corrected chi connectivity index (χ1v) is 6.55. The Hall–Kier alpha value is -1.19. The van der Waals surface area contributed by atoms with Crippen LogP contribution in [0, 0.1) is 6.92 Å². The van der Waals surface area contributed by atoms with E-state index in [1.165, 1.54) is 0 Å². The van der Waals surface area contributed by atoms with Crippen LogP contribution < -0.4 is 0 Å². The number of hydrogen-bond acceptors (Lipinski definition) is 3. The minimum Gasteiger partial charge on any atom is -0.381 e. The number of carbonyl (C=O) groups excluding carboxylic acids is 1. The van der Waals surface area contributed by atoms with Crippen LogP contribution in [0.3, 0.4) is 0 Å². The topological polar surface area (TPSA) is 29.5 Å². The SMILES string of the molecule is Cc1ccccc1C(=O)CN(C)C1CCOCC1. The molecule has 1 saturated heterocycles. The highest BCUT2D eigenvalue weighted by atomic mass is 16.5. The molecule has 0 saturated carbocycles. The molecule has 0 N–H and O–H groups in total. The fourth-order valence-electron chi connectivity index (χ4n) is 2.45. The van der Waals surface area contributed by atoms with Crippen LogP contribution in [-0.4, -0.2) is 43.5 Å². The second-order valence-corrected chi connectivity index (χ2v) is 5.00. The van der Waals surface area contributed by atoms with Crippen molar-refractivity contribution in [1.82, 2.24) is 4.90 Å². The minimum atomic E-state index is 0.210. The smallest absolute Gasteiger partial charge is 0.177 e. The van der Waals surface area contributed by atoms with Crippen molar-refractivity contribution in [3.8, 4) is 0 Å². The Bertz CT molecular complexity index is 411. The predicted octanol–water partition coefficient (Wildman–Crippen LogP) is 2.29. The summed E-state index contributed by atoms with van der Waals surface area (Å²) in [6.07, 6.45) is 2.05. The maximum atomic E-state index is 12.2. The summed E-state index contributed by atoms with van der Waals surface area (Å²) in [5.74, 6) is 0.210. The molecule has 2 rings (SSSR count). The molecule has 18 heavy (non-hydrogen) atoms. The number of carbonyl (C=O) groups is 1. The lowest BCUT2D eigenvalue weighted by atomic mass is 10.0. The van der Waals surface area contributed by atoms with Gasteiger partial charge in [0.1, 0.15) is 0 Å². The molecular formula is C15H21NO2. The third-order valence-electron chi connectivity index (χ3n) is 3.65. The van der Waals surface area contributed by atoms with Crippen LogP contribution in [0.2, 0.25) is 0 Å². The third-order valence-corrected chi connectivity index (χ3v) is 3.65. The molecule has 98 valence electrons. The molecule has 0 bridgehead atoms. The normalized spacial score (nSPS) is 17.1. The Labute approximate surface area is 109 Å². The first kappa shape index (κ1) is 13.2. The highest BCUT2D eigenvalue weighted by Gasteiger charge is 2.21. The Balaban J connectivity index is 1.96. The van der Waals surface area contributed by atoms with Crippen molar-refractivity contribution in [3.05, 3.63) is 35.4 Å². The minimum absolute atomic E-state index is 0.210. The van der Waals surface area contributed by atoms with Crippen LogP contribution in [0.15, 0.2) is 24.3 Å². The van der Waals surface area contributed by atoms with Crippen LogP contribution in [0.1, 0.15) is 28.8 Å². The van der Waals surface area contributed by atoms with Crippen LogP contribution in [-0.2, 0) is 4.74 Å². The van der Waals surface area contributed by atoms with Gasteiger partial charge in [-0.05, 0) is 32.4 Å². The number of hydrogen-bond donors (Lipinski definition) is 0. The average molecular weight is 247 g/mol. The van der Waals surface area contributed by atoms with Crippen LogP contribution >= 0.6 is 0 Å². The second-order valence-electron chi connectivity index (χ2n) is 5.00. The molecule has 1 aromatic carbocycles. The molecular weight excluding hydrogens is 226 g/mol. The van der Waals surface area contributed by atoms with Crippen LogP contribution in [0.25, 0.3) is 0 Å². The fourth-order valence-corrected chi connectivity index (χ4v) is 2.45. The number of ketones is 1.